The van der Waals surface area contributed by atoms with Gasteiger partial charge in [0.15, 0.2) is 0 Å². The summed E-state index contributed by atoms with van der Waals surface area (Å²) >= 11 is 0. The Balaban J connectivity index is 0. The van der Waals surface area contributed by atoms with Crippen LogP contribution in [0.2, 0.25) is 0 Å². The summed E-state index contributed by atoms with van der Waals surface area (Å²) in [5, 5.41) is 5.09. The van der Waals surface area contributed by atoms with Gasteiger partial charge in [-0.3, -0.25) is 0 Å². The second-order valence-corrected chi connectivity index (χ2v) is 8.17. The average Bonchev–Trinajstić information content (AvgIpc) is 2.62. The molecular formula is C24H44N4. The Labute approximate surface area is 174 Å². The number of allylic oxidation sites excluding steroid dienone is 3. The Kier molecular flexibility index (Phi) is 16.2. The van der Waals surface area contributed by atoms with Crippen molar-refractivity contribution < 1.29 is 0 Å². The predicted molar refractivity (Wildman–Crippen MR) is 126 cm³/mol. The lowest BCUT2D eigenvalue weighted by molar-refractivity contribution is 0.278. The number of rotatable bonds is 11. The van der Waals surface area contributed by atoms with E-state index >= 15 is 0 Å². The zero-order valence-corrected chi connectivity index (χ0v) is 19.3. The third kappa shape index (κ3) is 15.1. The minimum absolute atomic E-state index is 0.253. The van der Waals surface area contributed by atoms with E-state index < -0.39 is 0 Å². The Morgan fingerprint density at radius 2 is 1.82 bits per heavy atom. The van der Waals surface area contributed by atoms with Crippen molar-refractivity contribution in [1.29, 1.82) is 0 Å². The van der Waals surface area contributed by atoms with E-state index in [1.54, 1.807) is 11.9 Å². The molecule has 0 spiro atoms. The Morgan fingerprint density at radius 1 is 1.25 bits per heavy atom. The van der Waals surface area contributed by atoms with Gasteiger partial charge in [-0.15, -0.1) is 18.9 Å². The highest BCUT2D eigenvalue weighted by atomic mass is 15.4. The molecule has 0 aromatic heterocycles. The first-order valence-electron chi connectivity index (χ1n) is 10.1. The summed E-state index contributed by atoms with van der Waals surface area (Å²) in [6.07, 6.45) is 15.9. The molecule has 0 aromatic rings. The van der Waals surface area contributed by atoms with Crippen LogP contribution >= 0.6 is 0 Å². The number of hydrogen-bond acceptors (Lipinski definition) is 4. The van der Waals surface area contributed by atoms with Crippen molar-refractivity contribution in [2.75, 3.05) is 19.6 Å². The topological polar surface area (TPSA) is 67.3 Å². The monoisotopic (exact) mass is 388 g/mol. The number of nitrogens with zero attached hydrogens (tertiary/aromatic N) is 1. The van der Waals surface area contributed by atoms with Gasteiger partial charge in [-0.05, 0) is 43.6 Å². The summed E-state index contributed by atoms with van der Waals surface area (Å²) in [6.45, 7) is 20.8. The number of nitrogens with one attached hydrogen (secondary N) is 1. The van der Waals surface area contributed by atoms with Crippen molar-refractivity contribution in [2.45, 2.75) is 54.9 Å². The first-order chi connectivity index (χ1) is 13.0. The molecule has 0 aliphatic rings. The summed E-state index contributed by atoms with van der Waals surface area (Å²) in [4.78, 5) is 0. The number of hydrogen-bond donors (Lipinski definition) is 3. The van der Waals surface area contributed by atoms with Crippen LogP contribution < -0.4 is 16.9 Å². The van der Waals surface area contributed by atoms with Crippen LogP contribution in [0.5, 0.6) is 0 Å². The van der Waals surface area contributed by atoms with E-state index in [4.69, 9.17) is 11.6 Å². The van der Waals surface area contributed by atoms with E-state index in [2.05, 4.69) is 71.0 Å². The summed E-state index contributed by atoms with van der Waals surface area (Å²) in [5.74, 6) is 9.41. The molecule has 0 fully saturated rings. The molecule has 0 aliphatic carbocycles. The molecule has 28 heavy (non-hydrogen) atoms. The smallest absolute Gasteiger partial charge is 0.0701 e. The molecule has 0 heterocycles. The molecule has 0 saturated carbocycles. The van der Waals surface area contributed by atoms with Crippen LogP contribution in [-0.4, -0.2) is 24.6 Å². The molecule has 0 saturated heterocycles. The maximum absolute atomic E-state index is 6.19. The molecule has 0 aromatic carbocycles. The molecule has 160 valence electrons. The first kappa shape index (κ1) is 28.3. The zero-order valence-electron chi connectivity index (χ0n) is 19.3. The van der Waals surface area contributed by atoms with Gasteiger partial charge >= 0.3 is 0 Å². The van der Waals surface area contributed by atoms with Crippen LogP contribution in [0, 0.1) is 29.6 Å². The Morgan fingerprint density at radius 3 is 2.29 bits per heavy atom. The van der Waals surface area contributed by atoms with E-state index in [1.807, 2.05) is 25.2 Å². The van der Waals surface area contributed by atoms with Gasteiger partial charge in [-0.1, -0.05) is 58.9 Å². The Hall–Kier alpha value is -1.96. The van der Waals surface area contributed by atoms with Crippen molar-refractivity contribution in [1.82, 2.24) is 10.3 Å². The van der Waals surface area contributed by atoms with Gasteiger partial charge in [0, 0.05) is 19.6 Å². The SMILES string of the molecule is C#CC.C=CC(C)C(C)/C=C/CNC/C=C(N)\C(=C/C)N(N)CCC(C)(C)C. The molecule has 0 amide bonds. The highest BCUT2D eigenvalue weighted by Crippen LogP contribution is 2.19. The van der Waals surface area contributed by atoms with Crippen molar-refractivity contribution in [3.8, 4) is 12.3 Å². The number of hydrazine groups is 1. The fourth-order valence-corrected chi connectivity index (χ4v) is 2.20. The highest BCUT2D eigenvalue weighted by molar-refractivity contribution is 5.26. The van der Waals surface area contributed by atoms with Gasteiger partial charge in [-0.25, -0.2) is 5.84 Å². The van der Waals surface area contributed by atoms with E-state index in [0.29, 0.717) is 24.1 Å². The fourth-order valence-electron chi connectivity index (χ4n) is 2.20. The standard InChI is InChI=1S/C21H40N4.C3H4/c1-8-17(3)18(4)11-10-14-24-15-12-19(22)20(9-2)25(23)16-13-21(5,6)7;1-3-2/h8-12,17-18,24H,1,13-16,22-23H2,2-7H3;1H,2H3/b11-10+,19-12+,20-9+;. The van der Waals surface area contributed by atoms with Crippen LogP contribution in [0.1, 0.15) is 54.9 Å². The van der Waals surface area contributed by atoms with Gasteiger partial charge in [-0.2, -0.15) is 0 Å². The largest absolute Gasteiger partial charge is 0.397 e. The van der Waals surface area contributed by atoms with E-state index in [1.165, 1.54) is 0 Å². The zero-order chi connectivity index (χ0) is 22.2. The molecular weight excluding hydrogens is 344 g/mol. The maximum Gasteiger partial charge on any atom is 0.0701 e. The van der Waals surface area contributed by atoms with Crippen molar-refractivity contribution in [2.24, 2.45) is 28.8 Å². The summed E-state index contributed by atoms with van der Waals surface area (Å²) in [7, 11) is 0. The molecule has 0 radical (unpaired) electrons. The van der Waals surface area contributed by atoms with Gasteiger partial charge in [0.1, 0.15) is 0 Å². The quantitative estimate of drug-likeness (QED) is 0.121. The second kappa shape index (κ2) is 16.0. The average molecular weight is 389 g/mol. The molecule has 0 aliphatic heterocycles. The molecule has 4 heteroatoms. The van der Waals surface area contributed by atoms with Crippen molar-refractivity contribution in [3.63, 3.8) is 0 Å². The summed E-state index contributed by atoms with van der Waals surface area (Å²) in [6, 6.07) is 0. The molecule has 2 atom stereocenters. The van der Waals surface area contributed by atoms with Gasteiger partial charge in [0.2, 0.25) is 0 Å². The van der Waals surface area contributed by atoms with Crippen molar-refractivity contribution >= 4 is 0 Å². The molecule has 0 rings (SSSR count). The van der Waals surface area contributed by atoms with E-state index in [0.717, 1.165) is 25.2 Å². The van der Waals surface area contributed by atoms with Crippen LogP contribution in [0.4, 0.5) is 0 Å². The lowest BCUT2D eigenvalue weighted by Crippen LogP contribution is -2.35. The third-order valence-corrected chi connectivity index (χ3v) is 4.35. The first-order valence-corrected chi connectivity index (χ1v) is 10.1. The van der Waals surface area contributed by atoms with Crippen LogP contribution in [-0.2, 0) is 0 Å². The predicted octanol–water partition coefficient (Wildman–Crippen LogP) is 4.59. The summed E-state index contributed by atoms with van der Waals surface area (Å²) < 4.78 is 0. The van der Waals surface area contributed by atoms with Gasteiger partial charge in [0.25, 0.3) is 0 Å². The lowest BCUT2D eigenvalue weighted by Gasteiger charge is -2.26. The molecule has 0 bridgehead atoms. The third-order valence-electron chi connectivity index (χ3n) is 4.35. The second-order valence-electron chi connectivity index (χ2n) is 8.17. The van der Waals surface area contributed by atoms with Crippen LogP contribution in [0.3, 0.4) is 0 Å². The normalized spacial score (nSPS) is 14.7. The van der Waals surface area contributed by atoms with Crippen molar-refractivity contribution in [3.05, 3.63) is 48.4 Å². The highest BCUT2D eigenvalue weighted by Gasteiger charge is 2.14. The molecule has 4 nitrogen and oxygen atoms in total. The maximum atomic E-state index is 6.19. The lowest BCUT2D eigenvalue weighted by atomic mass is 9.92. The van der Waals surface area contributed by atoms with Gasteiger partial charge < -0.3 is 16.1 Å². The minimum Gasteiger partial charge on any atom is -0.397 e. The van der Waals surface area contributed by atoms with Crippen LogP contribution in [0.15, 0.2) is 48.4 Å². The number of nitrogens with two attached hydrogens (primary N) is 2. The van der Waals surface area contributed by atoms with E-state index in [9.17, 15) is 0 Å². The van der Waals surface area contributed by atoms with Gasteiger partial charge in [0.05, 0.1) is 11.4 Å². The minimum atomic E-state index is 0.253. The Bertz CT molecular complexity index is 544. The fraction of sp³-hybridized carbons (Fsp3) is 0.583. The van der Waals surface area contributed by atoms with Crippen LogP contribution in [0.25, 0.3) is 0 Å². The summed E-state index contributed by atoms with van der Waals surface area (Å²) in [5.41, 5.74) is 8.04. The molecule has 5 N–H and O–H groups in total. The van der Waals surface area contributed by atoms with E-state index in [-0.39, 0.29) is 5.41 Å². The number of terminal acetylenes is 1. The molecule has 2 unspecified atom stereocenters.